The number of methoxy groups -OCH3 is 1. The van der Waals surface area contributed by atoms with E-state index < -0.39 is 6.04 Å². The zero-order valence-electron chi connectivity index (χ0n) is 14.2. The second-order valence-electron chi connectivity index (χ2n) is 6.21. The summed E-state index contributed by atoms with van der Waals surface area (Å²) in [7, 11) is 1.52. The number of nitrogens with zero attached hydrogens (tertiary/aromatic N) is 1. The van der Waals surface area contributed by atoms with Crippen LogP contribution in [-0.2, 0) is 20.7 Å². The first-order valence-electron chi connectivity index (χ1n) is 8.46. The highest BCUT2D eigenvalue weighted by Gasteiger charge is 2.25. The lowest BCUT2D eigenvalue weighted by Gasteiger charge is -2.33. The van der Waals surface area contributed by atoms with Crippen LogP contribution in [0.3, 0.4) is 0 Å². The van der Waals surface area contributed by atoms with E-state index in [1.165, 1.54) is 12.7 Å². The highest BCUT2D eigenvalue weighted by Crippen LogP contribution is 2.13. The van der Waals surface area contributed by atoms with Gasteiger partial charge in [0.05, 0.1) is 6.61 Å². The molecule has 1 fully saturated rings. The van der Waals surface area contributed by atoms with E-state index in [4.69, 9.17) is 10.5 Å². The van der Waals surface area contributed by atoms with Crippen molar-refractivity contribution in [2.45, 2.75) is 37.8 Å². The van der Waals surface area contributed by atoms with Gasteiger partial charge < -0.3 is 20.7 Å². The summed E-state index contributed by atoms with van der Waals surface area (Å²) in [5.41, 5.74) is 6.89. The minimum absolute atomic E-state index is 0.0820. The number of carbonyl (C=O) groups excluding carboxylic acids is 2. The molecular weight excluding hydrogens is 306 g/mol. The number of likely N-dealkylation sites (tertiary alicyclic amines) is 1. The Morgan fingerprint density at radius 3 is 2.58 bits per heavy atom. The predicted octanol–water partition coefficient (Wildman–Crippen LogP) is 0.700. The Labute approximate surface area is 143 Å². The van der Waals surface area contributed by atoms with Crippen LogP contribution in [0.25, 0.3) is 0 Å². The standard InChI is InChI=1S/C18H27N3O3/c1-24-13-16(19)18(23)20-15-9-11-21(12-10-15)17(22)8-7-14-5-3-2-4-6-14/h2-6,15-16H,7-13,19H2,1H3,(H,20,23). The quantitative estimate of drug-likeness (QED) is 0.769. The number of hydrogen-bond donors (Lipinski definition) is 2. The van der Waals surface area contributed by atoms with E-state index in [2.05, 4.69) is 5.32 Å². The molecule has 1 saturated heterocycles. The van der Waals surface area contributed by atoms with Gasteiger partial charge >= 0.3 is 0 Å². The van der Waals surface area contributed by atoms with Gasteiger partial charge in [-0.2, -0.15) is 0 Å². The van der Waals surface area contributed by atoms with E-state index in [0.29, 0.717) is 19.5 Å². The number of carbonyl (C=O) groups is 2. The Bertz CT molecular complexity index is 528. The fourth-order valence-electron chi connectivity index (χ4n) is 2.89. The van der Waals surface area contributed by atoms with Crippen LogP contribution < -0.4 is 11.1 Å². The van der Waals surface area contributed by atoms with Gasteiger partial charge in [-0.3, -0.25) is 9.59 Å². The van der Waals surface area contributed by atoms with Crippen LogP contribution in [0.2, 0.25) is 0 Å². The number of ether oxygens (including phenoxy) is 1. The molecule has 1 heterocycles. The maximum absolute atomic E-state index is 12.3. The molecule has 0 bridgehead atoms. The van der Waals surface area contributed by atoms with Crippen LogP contribution in [-0.4, -0.2) is 55.6 Å². The Morgan fingerprint density at radius 2 is 1.96 bits per heavy atom. The average molecular weight is 333 g/mol. The lowest BCUT2D eigenvalue weighted by atomic mass is 10.0. The molecule has 1 atom stereocenters. The Balaban J connectivity index is 1.70. The predicted molar refractivity (Wildman–Crippen MR) is 92.4 cm³/mol. The number of benzene rings is 1. The van der Waals surface area contributed by atoms with Crippen molar-refractivity contribution in [3.8, 4) is 0 Å². The summed E-state index contributed by atoms with van der Waals surface area (Å²) in [4.78, 5) is 26.1. The summed E-state index contributed by atoms with van der Waals surface area (Å²) in [5, 5.41) is 2.94. The number of rotatable bonds is 7. The molecular formula is C18H27N3O3. The highest BCUT2D eigenvalue weighted by molar-refractivity contribution is 5.82. The van der Waals surface area contributed by atoms with Gasteiger partial charge in [0.25, 0.3) is 0 Å². The summed E-state index contributed by atoms with van der Waals surface area (Å²) in [6.45, 7) is 1.57. The number of aryl methyl sites for hydroxylation is 1. The van der Waals surface area contributed by atoms with Gasteiger partial charge in [-0.05, 0) is 24.8 Å². The SMILES string of the molecule is COCC(N)C(=O)NC1CCN(C(=O)CCc2ccccc2)CC1. The second kappa shape index (κ2) is 9.39. The summed E-state index contributed by atoms with van der Waals surface area (Å²) in [6.07, 6.45) is 2.83. The fraction of sp³-hybridized carbons (Fsp3) is 0.556. The largest absolute Gasteiger partial charge is 0.383 e. The van der Waals surface area contributed by atoms with Crippen molar-refractivity contribution in [2.24, 2.45) is 5.73 Å². The molecule has 1 aliphatic rings. The summed E-state index contributed by atoms with van der Waals surface area (Å²) in [6, 6.07) is 9.48. The monoisotopic (exact) mass is 333 g/mol. The molecule has 0 aliphatic carbocycles. The Hall–Kier alpha value is -1.92. The third kappa shape index (κ3) is 5.62. The van der Waals surface area contributed by atoms with Gasteiger partial charge in [-0.25, -0.2) is 0 Å². The van der Waals surface area contributed by atoms with E-state index in [9.17, 15) is 9.59 Å². The maximum Gasteiger partial charge on any atom is 0.239 e. The van der Waals surface area contributed by atoms with Gasteiger partial charge in [0, 0.05) is 32.7 Å². The minimum Gasteiger partial charge on any atom is -0.383 e. The van der Waals surface area contributed by atoms with Crippen LogP contribution in [0.5, 0.6) is 0 Å². The highest BCUT2D eigenvalue weighted by atomic mass is 16.5. The van der Waals surface area contributed by atoms with Gasteiger partial charge in [-0.15, -0.1) is 0 Å². The van der Waals surface area contributed by atoms with E-state index in [-0.39, 0.29) is 24.5 Å². The van der Waals surface area contributed by atoms with Crippen LogP contribution in [0, 0.1) is 0 Å². The Morgan fingerprint density at radius 1 is 1.29 bits per heavy atom. The fourth-order valence-corrected chi connectivity index (χ4v) is 2.89. The maximum atomic E-state index is 12.3. The lowest BCUT2D eigenvalue weighted by Crippen LogP contribution is -2.51. The molecule has 6 nitrogen and oxygen atoms in total. The number of nitrogens with two attached hydrogens (primary N) is 1. The van der Waals surface area contributed by atoms with Crippen LogP contribution in [0.4, 0.5) is 0 Å². The molecule has 0 radical (unpaired) electrons. The van der Waals surface area contributed by atoms with Crippen molar-refractivity contribution in [1.82, 2.24) is 10.2 Å². The molecule has 2 amide bonds. The molecule has 6 heteroatoms. The van der Waals surface area contributed by atoms with E-state index in [1.807, 2.05) is 35.2 Å². The third-order valence-corrected chi connectivity index (χ3v) is 4.35. The van der Waals surface area contributed by atoms with Crippen LogP contribution >= 0.6 is 0 Å². The summed E-state index contributed by atoms with van der Waals surface area (Å²) in [5.74, 6) is -0.00887. The van der Waals surface area contributed by atoms with Crippen molar-refractivity contribution in [3.63, 3.8) is 0 Å². The zero-order chi connectivity index (χ0) is 17.4. The first kappa shape index (κ1) is 18.4. The van der Waals surface area contributed by atoms with Gasteiger partial charge in [-0.1, -0.05) is 30.3 Å². The van der Waals surface area contributed by atoms with Gasteiger partial charge in [0.1, 0.15) is 6.04 Å². The van der Waals surface area contributed by atoms with Crippen LogP contribution in [0.1, 0.15) is 24.8 Å². The third-order valence-electron chi connectivity index (χ3n) is 4.35. The van der Waals surface area contributed by atoms with Crippen molar-refractivity contribution in [1.29, 1.82) is 0 Å². The molecule has 0 saturated carbocycles. The molecule has 1 aliphatic heterocycles. The van der Waals surface area contributed by atoms with Crippen molar-refractivity contribution < 1.29 is 14.3 Å². The van der Waals surface area contributed by atoms with E-state index in [0.717, 1.165) is 19.3 Å². The molecule has 24 heavy (non-hydrogen) atoms. The van der Waals surface area contributed by atoms with E-state index >= 15 is 0 Å². The van der Waals surface area contributed by atoms with Gasteiger partial charge in [0.2, 0.25) is 11.8 Å². The first-order chi connectivity index (χ1) is 11.6. The number of piperidine rings is 1. The molecule has 3 N–H and O–H groups in total. The molecule has 132 valence electrons. The smallest absolute Gasteiger partial charge is 0.239 e. The second-order valence-corrected chi connectivity index (χ2v) is 6.21. The van der Waals surface area contributed by atoms with Gasteiger partial charge in [0.15, 0.2) is 0 Å². The molecule has 1 aromatic rings. The molecule has 1 aromatic carbocycles. The number of hydrogen-bond acceptors (Lipinski definition) is 4. The zero-order valence-corrected chi connectivity index (χ0v) is 14.2. The average Bonchev–Trinajstić information content (AvgIpc) is 2.61. The topological polar surface area (TPSA) is 84.7 Å². The Kier molecular flexibility index (Phi) is 7.21. The molecule has 1 unspecified atom stereocenters. The molecule has 2 rings (SSSR count). The first-order valence-corrected chi connectivity index (χ1v) is 8.46. The number of amides is 2. The van der Waals surface area contributed by atoms with E-state index in [1.54, 1.807) is 0 Å². The lowest BCUT2D eigenvalue weighted by molar-refractivity contribution is -0.132. The van der Waals surface area contributed by atoms with Crippen LogP contribution in [0.15, 0.2) is 30.3 Å². The normalized spacial score (nSPS) is 16.7. The van der Waals surface area contributed by atoms with Crippen molar-refractivity contribution in [3.05, 3.63) is 35.9 Å². The van der Waals surface area contributed by atoms with Crippen molar-refractivity contribution in [2.75, 3.05) is 26.8 Å². The summed E-state index contributed by atoms with van der Waals surface area (Å²) >= 11 is 0. The minimum atomic E-state index is -0.638. The number of nitrogens with one attached hydrogen (secondary N) is 1. The molecule has 0 aromatic heterocycles. The summed E-state index contributed by atoms with van der Waals surface area (Å²) < 4.78 is 4.89. The van der Waals surface area contributed by atoms with Crippen molar-refractivity contribution >= 4 is 11.8 Å². The molecule has 0 spiro atoms.